The summed E-state index contributed by atoms with van der Waals surface area (Å²) in [4.78, 5) is 4.04. The van der Waals surface area contributed by atoms with Gasteiger partial charge in [0, 0.05) is 12.6 Å². The molecule has 4 heteroatoms. The molecule has 0 fully saturated rings. The molecule has 0 radical (unpaired) electrons. The number of halogens is 2. The zero-order valence-electron chi connectivity index (χ0n) is 8.98. The first-order valence-electron chi connectivity index (χ1n) is 5.20. The Hall–Kier alpha value is -1.45. The van der Waals surface area contributed by atoms with E-state index in [2.05, 4.69) is 4.98 Å². The maximum Gasteiger partial charge on any atom is 0.123 e. The summed E-state index contributed by atoms with van der Waals surface area (Å²) in [7, 11) is 0. The summed E-state index contributed by atoms with van der Waals surface area (Å²) in [5.41, 5.74) is 1.28. The van der Waals surface area contributed by atoms with Gasteiger partial charge in [-0.2, -0.15) is 0 Å². The van der Waals surface area contributed by atoms with Crippen LogP contribution in [0.2, 0.25) is 5.02 Å². The predicted molar refractivity (Wildman–Crippen MR) is 64.3 cm³/mol. The predicted octanol–water partition coefficient (Wildman–Crippen LogP) is 3.15. The minimum Gasteiger partial charge on any atom is -0.386 e. The molecule has 0 amide bonds. The van der Waals surface area contributed by atoms with Gasteiger partial charge in [-0.1, -0.05) is 23.7 Å². The van der Waals surface area contributed by atoms with Gasteiger partial charge in [-0.25, -0.2) is 4.39 Å². The van der Waals surface area contributed by atoms with Crippen molar-refractivity contribution in [3.63, 3.8) is 0 Å². The molecule has 0 aliphatic heterocycles. The largest absolute Gasteiger partial charge is 0.386 e. The molecule has 2 aromatic rings. The molecule has 0 bridgehead atoms. The molecule has 1 N–H and O–H groups in total. The van der Waals surface area contributed by atoms with Crippen LogP contribution in [0.3, 0.4) is 0 Å². The lowest BCUT2D eigenvalue weighted by Gasteiger charge is -2.11. The lowest BCUT2D eigenvalue weighted by atomic mass is 10.1. The highest BCUT2D eigenvalue weighted by Gasteiger charge is 2.13. The molecule has 17 heavy (non-hydrogen) atoms. The Kier molecular flexibility index (Phi) is 3.71. The van der Waals surface area contributed by atoms with E-state index in [0.29, 0.717) is 17.1 Å². The van der Waals surface area contributed by atoms with Gasteiger partial charge in [0.05, 0.1) is 10.7 Å². The molecular weight excluding hydrogens is 241 g/mol. The fraction of sp³-hybridized carbons (Fsp3) is 0.154. The maximum atomic E-state index is 12.7. The van der Waals surface area contributed by atoms with Crippen LogP contribution in [0, 0.1) is 5.82 Å². The smallest absolute Gasteiger partial charge is 0.123 e. The molecule has 2 nitrogen and oxygen atoms in total. The molecule has 1 heterocycles. The average molecular weight is 252 g/mol. The number of aliphatic hydroxyl groups excluding tert-OH is 1. The van der Waals surface area contributed by atoms with Crippen LogP contribution in [-0.2, 0) is 6.42 Å². The van der Waals surface area contributed by atoms with E-state index in [-0.39, 0.29) is 5.82 Å². The van der Waals surface area contributed by atoms with Crippen LogP contribution < -0.4 is 0 Å². The topological polar surface area (TPSA) is 33.1 Å². The van der Waals surface area contributed by atoms with Crippen LogP contribution in [0.5, 0.6) is 0 Å². The number of benzene rings is 1. The third-order valence-electron chi connectivity index (χ3n) is 2.44. The molecule has 1 unspecified atom stereocenters. The fourth-order valence-electron chi connectivity index (χ4n) is 1.58. The zero-order valence-corrected chi connectivity index (χ0v) is 9.73. The van der Waals surface area contributed by atoms with Gasteiger partial charge in [0.2, 0.25) is 0 Å². The Balaban J connectivity index is 2.14. The summed E-state index contributed by atoms with van der Waals surface area (Å²) in [6.45, 7) is 0. The second-order valence-electron chi connectivity index (χ2n) is 3.72. The van der Waals surface area contributed by atoms with Gasteiger partial charge in [-0.3, -0.25) is 4.98 Å². The highest BCUT2D eigenvalue weighted by Crippen LogP contribution is 2.23. The third-order valence-corrected chi connectivity index (χ3v) is 2.76. The molecule has 0 saturated heterocycles. The minimum absolute atomic E-state index is 0.292. The van der Waals surface area contributed by atoms with Crippen LogP contribution in [-0.4, -0.2) is 10.1 Å². The SMILES string of the molecule is OC(Cc1ccc(F)cc1)c1ncccc1Cl. The summed E-state index contributed by atoms with van der Waals surface area (Å²) >= 11 is 5.93. The Morgan fingerprint density at radius 1 is 1.24 bits per heavy atom. The first kappa shape index (κ1) is 12.0. The number of aliphatic hydroxyl groups is 1. The van der Waals surface area contributed by atoms with E-state index in [9.17, 15) is 9.50 Å². The standard InChI is InChI=1S/C13H11ClFNO/c14-11-2-1-7-16-13(11)12(17)8-9-3-5-10(15)6-4-9/h1-7,12,17H,8H2. The highest BCUT2D eigenvalue weighted by molar-refractivity contribution is 6.31. The number of aromatic nitrogens is 1. The van der Waals surface area contributed by atoms with E-state index >= 15 is 0 Å². The van der Waals surface area contributed by atoms with Gasteiger partial charge in [0.1, 0.15) is 11.9 Å². The van der Waals surface area contributed by atoms with Crippen LogP contribution >= 0.6 is 11.6 Å². The van der Waals surface area contributed by atoms with Crippen molar-refractivity contribution in [1.82, 2.24) is 4.98 Å². The Bertz CT molecular complexity index is 501. The summed E-state index contributed by atoms with van der Waals surface area (Å²) in [6.07, 6.45) is 1.15. The van der Waals surface area contributed by atoms with Gasteiger partial charge < -0.3 is 5.11 Å². The van der Waals surface area contributed by atoms with Crippen molar-refractivity contribution in [2.24, 2.45) is 0 Å². The third kappa shape index (κ3) is 3.02. The number of hydrogen-bond acceptors (Lipinski definition) is 2. The quantitative estimate of drug-likeness (QED) is 0.909. The average Bonchev–Trinajstić information content (AvgIpc) is 2.32. The van der Waals surface area contributed by atoms with Crippen molar-refractivity contribution in [2.45, 2.75) is 12.5 Å². The van der Waals surface area contributed by atoms with Crippen LogP contribution in [0.4, 0.5) is 4.39 Å². The molecule has 1 aromatic carbocycles. The van der Waals surface area contributed by atoms with Crippen molar-refractivity contribution in [1.29, 1.82) is 0 Å². The zero-order chi connectivity index (χ0) is 12.3. The Morgan fingerprint density at radius 3 is 2.59 bits per heavy atom. The highest BCUT2D eigenvalue weighted by atomic mass is 35.5. The summed E-state index contributed by atoms with van der Waals surface area (Å²) in [5, 5.41) is 10.4. The lowest BCUT2D eigenvalue weighted by molar-refractivity contribution is 0.173. The number of pyridine rings is 1. The Morgan fingerprint density at radius 2 is 1.94 bits per heavy atom. The van der Waals surface area contributed by atoms with E-state index < -0.39 is 6.10 Å². The first-order chi connectivity index (χ1) is 8.16. The lowest BCUT2D eigenvalue weighted by Crippen LogP contribution is -2.04. The molecule has 2 rings (SSSR count). The Labute approximate surface area is 104 Å². The van der Waals surface area contributed by atoms with Crippen molar-refractivity contribution >= 4 is 11.6 Å². The van der Waals surface area contributed by atoms with Crippen molar-refractivity contribution in [3.05, 3.63) is 64.7 Å². The van der Waals surface area contributed by atoms with E-state index in [1.165, 1.54) is 12.1 Å². The van der Waals surface area contributed by atoms with Gasteiger partial charge in [-0.05, 0) is 29.8 Å². The molecule has 0 saturated carbocycles. The fourth-order valence-corrected chi connectivity index (χ4v) is 1.83. The van der Waals surface area contributed by atoms with E-state index in [1.54, 1.807) is 30.5 Å². The molecule has 1 aromatic heterocycles. The molecular formula is C13H11ClFNO. The van der Waals surface area contributed by atoms with E-state index in [1.807, 2.05) is 0 Å². The van der Waals surface area contributed by atoms with Gasteiger partial charge >= 0.3 is 0 Å². The van der Waals surface area contributed by atoms with Crippen molar-refractivity contribution in [2.75, 3.05) is 0 Å². The minimum atomic E-state index is -0.783. The summed E-state index contributed by atoms with van der Waals surface area (Å²) in [5.74, 6) is -0.292. The normalized spacial score (nSPS) is 12.4. The molecule has 88 valence electrons. The number of nitrogens with zero attached hydrogens (tertiary/aromatic N) is 1. The molecule has 0 aliphatic rings. The second kappa shape index (κ2) is 5.25. The molecule has 1 atom stereocenters. The first-order valence-corrected chi connectivity index (χ1v) is 5.57. The van der Waals surface area contributed by atoms with Gasteiger partial charge in [-0.15, -0.1) is 0 Å². The summed E-state index contributed by atoms with van der Waals surface area (Å²) in [6, 6.07) is 9.38. The molecule has 0 aliphatic carbocycles. The number of hydrogen-bond donors (Lipinski definition) is 1. The monoisotopic (exact) mass is 251 g/mol. The molecule has 0 spiro atoms. The summed E-state index contributed by atoms with van der Waals surface area (Å²) < 4.78 is 12.7. The van der Waals surface area contributed by atoms with E-state index in [4.69, 9.17) is 11.6 Å². The maximum absolute atomic E-state index is 12.7. The van der Waals surface area contributed by atoms with Crippen molar-refractivity contribution in [3.8, 4) is 0 Å². The van der Waals surface area contributed by atoms with Crippen LogP contribution in [0.25, 0.3) is 0 Å². The van der Waals surface area contributed by atoms with Crippen molar-refractivity contribution < 1.29 is 9.50 Å². The second-order valence-corrected chi connectivity index (χ2v) is 4.12. The van der Waals surface area contributed by atoms with Crippen LogP contribution in [0.1, 0.15) is 17.4 Å². The van der Waals surface area contributed by atoms with Gasteiger partial charge in [0.15, 0.2) is 0 Å². The number of rotatable bonds is 3. The van der Waals surface area contributed by atoms with Gasteiger partial charge in [0.25, 0.3) is 0 Å². The van der Waals surface area contributed by atoms with E-state index in [0.717, 1.165) is 5.56 Å². The van der Waals surface area contributed by atoms with Crippen LogP contribution in [0.15, 0.2) is 42.6 Å².